The van der Waals surface area contributed by atoms with Gasteiger partial charge in [-0.2, -0.15) is 0 Å². The summed E-state index contributed by atoms with van der Waals surface area (Å²) >= 11 is 0. The minimum Gasteiger partial charge on any atom is -0.384 e. The zero-order valence-electron chi connectivity index (χ0n) is 13.5. The summed E-state index contributed by atoms with van der Waals surface area (Å²) < 4.78 is 0. The Morgan fingerprint density at radius 2 is 1.74 bits per heavy atom. The van der Waals surface area contributed by atoms with Crippen molar-refractivity contribution in [2.24, 2.45) is 10.7 Å². The molecule has 0 saturated heterocycles. The number of nitrogens with two attached hydrogens (primary N) is 1. The highest BCUT2D eigenvalue weighted by Gasteiger charge is 2.07. The van der Waals surface area contributed by atoms with E-state index in [0.29, 0.717) is 12.4 Å². The van der Waals surface area contributed by atoms with Gasteiger partial charge in [0.25, 0.3) is 0 Å². The zero-order chi connectivity index (χ0) is 15.5. The summed E-state index contributed by atoms with van der Waals surface area (Å²) in [7, 11) is 0. The smallest absolute Gasteiger partial charge is 0.125 e. The molecule has 0 aliphatic carbocycles. The van der Waals surface area contributed by atoms with Gasteiger partial charge in [0, 0.05) is 28.7 Å². The lowest BCUT2D eigenvalue weighted by atomic mass is 10.1. The number of aromatic amines is 1. The summed E-state index contributed by atoms with van der Waals surface area (Å²) in [5.74, 6) is 0.609. The van der Waals surface area contributed by atoms with Crippen LogP contribution in [-0.4, -0.2) is 17.4 Å². The summed E-state index contributed by atoms with van der Waals surface area (Å²) in [4.78, 5) is 7.95. The van der Waals surface area contributed by atoms with Crippen LogP contribution in [0.25, 0.3) is 10.9 Å². The zero-order valence-corrected chi connectivity index (χ0v) is 14.3. The Hall–Kier alpha value is -2.26. The van der Waals surface area contributed by atoms with Gasteiger partial charge in [0.1, 0.15) is 5.84 Å². The van der Waals surface area contributed by atoms with Crippen LogP contribution >= 0.6 is 12.4 Å². The fourth-order valence-electron chi connectivity index (χ4n) is 2.76. The molecule has 1 aromatic heterocycles. The molecule has 120 valence electrons. The highest BCUT2D eigenvalue weighted by Crippen LogP contribution is 2.22. The molecule has 2 aromatic carbocycles. The molecule has 0 radical (unpaired) electrons. The Kier molecular flexibility index (Phi) is 5.45. The summed E-state index contributed by atoms with van der Waals surface area (Å²) in [6.07, 6.45) is 0.891. The first-order valence-corrected chi connectivity index (χ1v) is 7.58. The average molecular weight is 328 g/mol. The molecule has 0 fully saturated rings. The van der Waals surface area contributed by atoms with Gasteiger partial charge in [0.05, 0.1) is 0 Å². The summed E-state index contributed by atoms with van der Waals surface area (Å²) in [5.41, 5.74) is 12.0. The van der Waals surface area contributed by atoms with Crippen LogP contribution in [-0.2, 0) is 6.42 Å². The number of aromatic nitrogens is 1. The monoisotopic (exact) mass is 327 g/mol. The lowest BCUT2D eigenvalue weighted by molar-refractivity contribution is 0.960. The predicted molar refractivity (Wildman–Crippen MR) is 101 cm³/mol. The fraction of sp³-hybridized carbons (Fsp3) is 0.211. The van der Waals surface area contributed by atoms with E-state index in [1.807, 2.05) is 12.1 Å². The molecular weight excluding hydrogens is 306 g/mol. The fourth-order valence-corrected chi connectivity index (χ4v) is 2.76. The molecule has 3 rings (SSSR count). The molecule has 23 heavy (non-hydrogen) atoms. The number of hydrogen-bond acceptors (Lipinski definition) is 1. The molecular formula is C19H22ClN3. The molecule has 0 atom stereocenters. The molecule has 1 heterocycles. The Balaban J connectivity index is 0.00000192. The van der Waals surface area contributed by atoms with Gasteiger partial charge in [-0.1, -0.05) is 48.0 Å². The number of rotatable bonds is 4. The number of hydrogen-bond donors (Lipinski definition) is 2. The van der Waals surface area contributed by atoms with Crippen LogP contribution in [0.1, 0.15) is 22.4 Å². The van der Waals surface area contributed by atoms with Crippen molar-refractivity contribution in [3.05, 3.63) is 70.9 Å². The van der Waals surface area contributed by atoms with Gasteiger partial charge in [-0.05, 0) is 31.9 Å². The Labute approximate surface area is 143 Å². The number of halogens is 1. The first kappa shape index (κ1) is 17.1. The second-order valence-corrected chi connectivity index (χ2v) is 5.66. The third-order valence-corrected chi connectivity index (χ3v) is 4.02. The lowest BCUT2D eigenvalue weighted by Crippen LogP contribution is -2.14. The van der Waals surface area contributed by atoms with E-state index in [2.05, 4.69) is 60.2 Å². The van der Waals surface area contributed by atoms with E-state index in [1.54, 1.807) is 0 Å². The van der Waals surface area contributed by atoms with Crippen molar-refractivity contribution < 1.29 is 0 Å². The van der Waals surface area contributed by atoms with Crippen molar-refractivity contribution in [1.82, 2.24) is 4.98 Å². The van der Waals surface area contributed by atoms with E-state index in [1.165, 1.54) is 27.7 Å². The van der Waals surface area contributed by atoms with Gasteiger partial charge in [0.2, 0.25) is 0 Å². The van der Waals surface area contributed by atoms with E-state index in [-0.39, 0.29) is 12.4 Å². The van der Waals surface area contributed by atoms with Crippen LogP contribution in [0.4, 0.5) is 0 Å². The van der Waals surface area contributed by atoms with Crippen LogP contribution in [0.15, 0.2) is 53.5 Å². The van der Waals surface area contributed by atoms with Gasteiger partial charge >= 0.3 is 0 Å². The number of benzene rings is 2. The minimum absolute atomic E-state index is 0. The van der Waals surface area contributed by atoms with Gasteiger partial charge in [-0.15, -0.1) is 12.4 Å². The SMILES string of the molecule is Cc1ccc(C(N)=NCCc2c(C)[nH]c3ccccc23)cc1.Cl. The van der Waals surface area contributed by atoms with E-state index in [0.717, 1.165) is 12.0 Å². The number of nitrogens with one attached hydrogen (secondary N) is 1. The van der Waals surface area contributed by atoms with E-state index in [4.69, 9.17) is 5.73 Å². The Morgan fingerprint density at radius 3 is 2.48 bits per heavy atom. The van der Waals surface area contributed by atoms with Gasteiger partial charge in [-0.3, -0.25) is 4.99 Å². The van der Waals surface area contributed by atoms with Crippen molar-refractivity contribution in [3.63, 3.8) is 0 Å². The topological polar surface area (TPSA) is 54.2 Å². The van der Waals surface area contributed by atoms with Crippen LogP contribution in [0.5, 0.6) is 0 Å². The van der Waals surface area contributed by atoms with Gasteiger partial charge in [0.15, 0.2) is 0 Å². The van der Waals surface area contributed by atoms with E-state index < -0.39 is 0 Å². The van der Waals surface area contributed by atoms with Crippen LogP contribution < -0.4 is 5.73 Å². The highest BCUT2D eigenvalue weighted by atomic mass is 35.5. The molecule has 0 aliphatic rings. The lowest BCUT2D eigenvalue weighted by Gasteiger charge is -2.03. The first-order chi connectivity index (χ1) is 10.6. The molecule has 3 nitrogen and oxygen atoms in total. The minimum atomic E-state index is 0. The summed E-state index contributed by atoms with van der Waals surface area (Å²) in [6.45, 7) is 4.88. The molecule has 0 amide bonds. The summed E-state index contributed by atoms with van der Waals surface area (Å²) in [6, 6.07) is 16.5. The highest BCUT2D eigenvalue weighted by molar-refractivity contribution is 5.97. The van der Waals surface area contributed by atoms with Crippen molar-refractivity contribution in [2.75, 3.05) is 6.54 Å². The van der Waals surface area contributed by atoms with E-state index in [9.17, 15) is 0 Å². The second kappa shape index (κ2) is 7.34. The van der Waals surface area contributed by atoms with Crippen LogP contribution in [0.2, 0.25) is 0 Å². The molecule has 4 heteroatoms. The maximum atomic E-state index is 6.08. The van der Waals surface area contributed by atoms with Gasteiger partial charge < -0.3 is 10.7 Å². The van der Waals surface area contributed by atoms with Crippen molar-refractivity contribution in [3.8, 4) is 0 Å². The first-order valence-electron chi connectivity index (χ1n) is 7.58. The van der Waals surface area contributed by atoms with Crippen molar-refractivity contribution >= 4 is 29.1 Å². The molecule has 0 saturated carbocycles. The summed E-state index contributed by atoms with van der Waals surface area (Å²) in [5, 5.41) is 1.28. The molecule has 0 unspecified atom stereocenters. The quantitative estimate of drug-likeness (QED) is 0.549. The standard InChI is InChI=1S/C19H21N3.ClH/c1-13-7-9-15(10-8-13)19(20)21-12-11-16-14(2)22-18-6-4-3-5-17(16)18;/h3-10,22H,11-12H2,1-2H3,(H2,20,21);1H. The van der Waals surface area contributed by atoms with Crippen molar-refractivity contribution in [2.45, 2.75) is 20.3 Å². The largest absolute Gasteiger partial charge is 0.384 e. The van der Waals surface area contributed by atoms with Gasteiger partial charge in [-0.25, -0.2) is 0 Å². The molecule has 3 aromatic rings. The van der Waals surface area contributed by atoms with E-state index >= 15 is 0 Å². The number of fused-ring (bicyclic) bond motifs is 1. The number of H-pyrrole nitrogens is 1. The molecule has 0 bridgehead atoms. The Bertz CT molecular complexity index is 816. The molecule has 0 aliphatic heterocycles. The number of aryl methyl sites for hydroxylation is 2. The van der Waals surface area contributed by atoms with Crippen molar-refractivity contribution in [1.29, 1.82) is 0 Å². The number of amidine groups is 1. The number of aliphatic imine (C=N–C) groups is 1. The maximum Gasteiger partial charge on any atom is 0.125 e. The molecule has 0 spiro atoms. The molecule has 3 N–H and O–H groups in total. The Morgan fingerprint density at radius 1 is 1.04 bits per heavy atom. The maximum absolute atomic E-state index is 6.08. The third kappa shape index (κ3) is 3.74. The average Bonchev–Trinajstić information content (AvgIpc) is 2.84. The number of para-hydroxylation sites is 1. The number of nitrogens with zero attached hydrogens (tertiary/aromatic N) is 1. The second-order valence-electron chi connectivity index (χ2n) is 5.66. The normalized spacial score (nSPS) is 11.5. The predicted octanol–water partition coefficient (Wildman–Crippen LogP) is 4.15. The van der Waals surface area contributed by atoms with Crippen LogP contribution in [0, 0.1) is 13.8 Å². The third-order valence-electron chi connectivity index (χ3n) is 4.02. The van der Waals surface area contributed by atoms with Crippen LogP contribution in [0.3, 0.4) is 0 Å².